The highest BCUT2D eigenvalue weighted by atomic mass is 32.2. The molecule has 5 rings (SSSR count). The third kappa shape index (κ3) is 1.74. The summed E-state index contributed by atoms with van der Waals surface area (Å²) in [6, 6.07) is 8.41. The van der Waals surface area contributed by atoms with Crippen LogP contribution in [0, 0.1) is 22.7 Å². The maximum atomic E-state index is 13.2. The average Bonchev–Trinajstić information content (AvgIpc) is 2.74. The Kier molecular flexibility index (Phi) is 2.83. The second-order valence-electron chi connectivity index (χ2n) is 7.89. The number of carbonyl (C=O) groups is 2. The number of fused-ring (bicyclic) bond motifs is 1. The van der Waals surface area contributed by atoms with E-state index < -0.39 is 25.9 Å². The van der Waals surface area contributed by atoms with Crippen LogP contribution >= 0.6 is 0 Å². The Labute approximate surface area is 136 Å². The number of carbonyl (C=O) groups excluding carboxylic acids is 2. The molecule has 5 heteroatoms. The Morgan fingerprint density at radius 2 is 1.70 bits per heavy atom. The highest BCUT2D eigenvalue weighted by Crippen LogP contribution is 2.66. The molecule has 4 nitrogen and oxygen atoms in total. The zero-order valence-corrected chi connectivity index (χ0v) is 14.1. The smallest absolute Gasteiger partial charge is 0.181 e. The number of rotatable bonds is 2. The SMILES string of the molecule is C[C@@]12C[C@@H](S(=O)(=O)c3ccccc3)[C@H]3[C@@H](C1)C(=O)C[C@]3(C)C2=O. The molecular formula is C18H20O4S. The number of benzene rings is 1. The van der Waals surface area contributed by atoms with Gasteiger partial charge < -0.3 is 0 Å². The van der Waals surface area contributed by atoms with Crippen molar-refractivity contribution in [2.45, 2.75) is 43.3 Å². The minimum Gasteiger partial charge on any atom is -0.299 e. The van der Waals surface area contributed by atoms with Gasteiger partial charge in [-0.25, -0.2) is 8.42 Å². The van der Waals surface area contributed by atoms with Crippen molar-refractivity contribution in [2.24, 2.45) is 22.7 Å². The Balaban J connectivity index is 1.87. The third-order valence-electron chi connectivity index (χ3n) is 6.38. The molecule has 4 aliphatic rings. The first kappa shape index (κ1) is 15.1. The number of sulfone groups is 1. The molecule has 0 spiro atoms. The van der Waals surface area contributed by atoms with Gasteiger partial charge in [-0.2, -0.15) is 0 Å². The van der Waals surface area contributed by atoms with E-state index in [1.807, 2.05) is 13.8 Å². The van der Waals surface area contributed by atoms with Crippen LogP contribution in [0.4, 0.5) is 0 Å². The average molecular weight is 332 g/mol. The van der Waals surface area contributed by atoms with Gasteiger partial charge in [-0.1, -0.05) is 32.0 Å². The molecular weight excluding hydrogens is 312 g/mol. The minimum atomic E-state index is -3.55. The van der Waals surface area contributed by atoms with Crippen molar-refractivity contribution in [1.29, 1.82) is 0 Å². The van der Waals surface area contributed by atoms with Gasteiger partial charge in [0.25, 0.3) is 0 Å². The van der Waals surface area contributed by atoms with Crippen molar-refractivity contribution < 1.29 is 18.0 Å². The van der Waals surface area contributed by atoms with Gasteiger partial charge in [-0.3, -0.25) is 9.59 Å². The van der Waals surface area contributed by atoms with Crippen LogP contribution in [0.15, 0.2) is 35.2 Å². The summed E-state index contributed by atoms with van der Waals surface area (Å²) in [6.45, 7) is 3.66. The van der Waals surface area contributed by atoms with Crippen molar-refractivity contribution in [3.05, 3.63) is 30.3 Å². The molecule has 5 atom stereocenters. The van der Waals surface area contributed by atoms with E-state index in [-0.39, 0.29) is 29.8 Å². The van der Waals surface area contributed by atoms with Gasteiger partial charge in [0.1, 0.15) is 11.6 Å². The van der Waals surface area contributed by atoms with Crippen molar-refractivity contribution in [3.8, 4) is 0 Å². The first-order valence-corrected chi connectivity index (χ1v) is 9.61. The summed E-state index contributed by atoms with van der Waals surface area (Å²) >= 11 is 0. The molecule has 122 valence electrons. The molecule has 1 aromatic rings. The highest BCUT2D eigenvalue weighted by molar-refractivity contribution is 7.92. The second-order valence-corrected chi connectivity index (χ2v) is 10.1. The van der Waals surface area contributed by atoms with E-state index in [0.717, 1.165) is 0 Å². The van der Waals surface area contributed by atoms with Gasteiger partial charge in [-0.05, 0) is 30.9 Å². The van der Waals surface area contributed by atoms with E-state index in [1.165, 1.54) is 0 Å². The summed E-state index contributed by atoms with van der Waals surface area (Å²) in [5.74, 6) is -0.478. The van der Waals surface area contributed by atoms with E-state index >= 15 is 0 Å². The standard InChI is InChI=1S/C18H20O4S/c1-17-8-12-13(19)9-18(2,16(17)20)15(12)14(10-17)23(21,22)11-6-4-3-5-7-11/h3-7,12,14-15H,8-10H2,1-2H3/t12-,14+,15+,17-,18-/m0/s1. The molecule has 0 N–H and O–H groups in total. The first-order valence-electron chi connectivity index (χ1n) is 8.07. The van der Waals surface area contributed by atoms with Gasteiger partial charge in [0.05, 0.1) is 10.1 Å². The Hall–Kier alpha value is -1.49. The molecule has 23 heavy (non-hydrogen) atoms. The van der Waals surface area contributed by atoms with Crippen LogP contribution in [0.25, 0.3) is 0 Å². The van der Waals surface area contributed by atoms with Gasteiger partial charge in [0, 0.05) is 23.2 Å². The lowest BCUT2D eigenvalue weighted by Gasteiger charge is -2.55. The minimum absolute atomic E-state index is 0.0718. The Morgan fingerprint density at radius 3 is 2.35 bits per heavy atom. The number of Topliss-reactive ketones (excluding diaryl/α,β-unsaturated/α-hetero) is 2. The fourth-order valence-electron chi connectivity index (χ4n) is 5.50. The van der Waals surface area contributed by atoms with Gasteiger partial charge in [0.15, 0.2) is 9.84 Å². The molecule has 4 bridgehead atoms. The van der Waals surface area contributed by atoms with Gasteiger partial charge >= 0.3 is 0 Å². The summed E-state index contributed by atoms with van der Waals surface area (Å²) in [6.07, 6.45) is 1.07. The van der Waals surface area contributed by atoms with Crippen molar-refractivity contribution in [1.82, 2.24) is 0 Å². The maximum Gasteiger partial charge on any atom is 0.181 e. The quantitative estimate of drug-likeness (QED) is 0.834. The number of hydrogen-bond acceptors (Lipinski definition) is 4. The van der Waals surface area contributed by atoms with Crippen LogP contribution in [-0.2, 0) is 19.4 Å². The molecule has 4 aliphatic carbocycles. The van der Waals surface area contributed by atoms with Crippen molar-refractivity contribution >= 4 is 21.4 Å². The van der Waals surface area contributed by atoms with Crippen LogP contribution in [0.5, 0.6) is 0 Å². The van der Waals surface area contributed by atoms with Crippen LogP contribution < -0.4 is 0 Å². The van der Waals surface area contributed by atoms with Gasteiger partial charge in [-0.15, -0.1) is 0 Å². The van der Waals surface area contributed by atoms with Crippen LogP contribution in [0.1, 0.15) is 33.1 Å². The molecule has 4 saturated carbocycles. The van der Waals surface area contributed by atoms with Crippen molar-refractivity contribution in [2.75, 3.05) is 0 Å². The Bertz CT molecular complexity index is 813. The molecule has 0 radical (unpaired) electrons. The molecule has 0 aliphatic heterocycles. The number of ketones is 2. The van der Waals surface area contributed by atoms with Crippen molar-refractivity contribution in [3.63, 3.8) is 0 Å². The predicted molar refractivity (Wildman–Crippen MR) is 84.5 cm³/mol. The third-order valence-corrected chi connectivity index (χ3v) is 8.57. The van der Waals surface area contributed by atoms with E-state index in [2.05, 4.69) is 0 Å². The van der Waals surface area contributed by atoms with E-state index in [9.17, 15) is 18.0 Å². The summed E-state index contributed by atoms with van der Waals surface area (Å²) in [4.78, 5) is 25.6. The summed E-state index contributed by atoms with van der Waals surface area (Å²) in [5.41, 5.74) is -1.49. The summed E-state index contributed by atoms with van der Waals surface area (Å²) in [7, 11) is -3.55. The largest absolute Gasteiger partial charge is 0.299 e. The monoisotopic (exact) mass is 332 g/mol. The summed E-state index contributed by atoms with van der Waals surface area (Å²) in [5, 5.41) is -0.636. The molecule has 0 amide bonds. The van der Waals surface area contributed by atoms with E-state index in [0.29, 0.717) is 17.7 Å². The molecule has 0 heterocycles. The van der Waals surface area contributed by atoms with Gasteiger partial charge in [0.2, 0.25) is 0 Å². The molecule has 0 saturated heterocycles. The van der Waals surface area contributed by atoms with Crippen LogP contribution in [0.2, 0.25) is 0 Å². The normalized spacial score (nSPS) is 42.3. The second kappa shape index (κ2) is 4.32. The molecule has 4 fully saturated rings. The predicted octanol–water partition coefficient (Wildman–Crippen LogP) is 2.42. The topological polar surface area (TPSA) is 68.3 Å². The molecule has 0 aromatic heterocycles. The lowest BCUT2D eigenvalue weighted by atomic mass is 9.50. The lowest BCUT2D eigenvalue weighted by molar-refractivity contribution is -0.153. The fraction of sp³-hybridized carbons (Fsp3) is 0.556. The van der Waals surface area contributed by atoms with E-state index in [4.69, 9.17) is 0 Å². The highest BCUT2D eigenvalue weighted by Gasteiger charge is 2.71. The number of hydrogen-bond donors (Lipinski definition) is 0. The zero-order valence-electron chi connectivity index (χ0n) is 13.3. The maximum absolute atomic E-state index is 13.2. The lowest BCUT2D eigenvalue weighted by Crippen LogP contribution is -2.61. The molecule has 1 aromatic carbocycles. The van der Waals surface area contributed by atoms with E-state index in [1.54, 1.807) is 30.3 Å². The van der Waals surface area contributed by atoms with Crippen LogP contribution in [-0.4, -0.2) is 25.2 Å². The fourth-order valence-corrected chi connectivity index (χ4v) is 7.85. The summed E-state index contributed by atoms with van der Waals surface area (Å²) < 4.78 is 26.3. The first-order chi connectivity index (χ1) is 10.7. The zero-order chi connectivity index (χ0) is 16.6. The van der Waals surface area contributed by atoms with Crippen LogP contribution in [0.3, 0.4) is 0 Å². The molecule has 0 unspecified atom stereocenters. The Morgan fingerprint density at radius 1 is 1.04 bits per heavy atom.